The molecule has 0 amide bonds. The summed E-state index contributed by atoms with van der Waals surface area (Å²) in [5.74, 6) is -0.345. The molecule has 0 saturated heterocycles. The van der Waals surface area contributed by atoms with Crippen LogP contribution in [-0.2, 0) is 9.53 Å². The number of hydrogen-bond donors (Lipinski definition) is 1. The van der Waals surface area contributed by atoms with E-state index in [0.717, 1.165) is 0 Å². The van der Waals surface area contributed by atoms with Gasteiger partial charge in [-0.2, -0.15) is 12.6 Å². The molecule has 0 heterocycles. The lowest BCUT2D eigenvalue weighted by Gasteiger charge is -2.08. The molecule has 3 heteroatoms. The minimum absolute atomic E-state index is 0.256. The summed E-state index contributed by atoms with van der Waals surface area (Å²) in [7, 11) is 1.35. The predicted molar refractivity (Wildman–Crippen MR) is 44.2 cm³/mol. The Morgan fingerprint density at radius 3 is 2.40 bits per heavy atom. The quantitative estimate of drug-likeness (QED) is 0.375. The monoisotopic (exact) mass is 160 g/mol. The highest BCUT2D eigenvalue weighted by atomic mass is 32.1. The maximum absolute atomic E-state index is 10.5. The molecule has 0 spiro atoms. The van der Waals surface area contributed by atoms with E-state index >= 15 is 0 Å². The van der Waals surface area contributed by atoms with Crippen LogP contribution in [0.5, 0.6) is 0 Å². The fraction of sp³-hybridized carbons (Fsp3) is 0.571. The highest BCUT2D eigenvalue weighted by Gasteiger charge is 2.05. The predicted octanol–water partition coefficient (Wildman–Crippen LogP) is 1.42. The summed E-state index contributed by atoms with van der Waals surface area (Å²) < 4.78 is 4.13. The van der Waals surface area contributed by atoms with Crippen molar-refractivity contribution in [1.82, 2.24) is 0 Å². The number of ether oxygens (including phenoxy) is 1. The highest BCUT2D eigenvalue weighted by molar-refractivity contribution is 7.82. The van der Waals surface area contributed by atoms with Crippen molar-refractivity contribution >= 4 is 18.6 Å². The van der Waals surface area contributed by atoms with Gasteiger partial charge in [0, 0.05) is 10.8 Å². The summed E-state index contributed by atoms with van der Waals surface area (Å²) in [6, 6.07) is 0. The van der Waals surface area contributed by atoms with Gasteiger partial charge in [-0.1, -0.05) is 6.08 Å². The zero-order valence-electron chi connectivity index (χ0n) is 6.42. The van der Waals surface area contributed by atoms with Crippen LogP contribution in [0.3, 0.4) is 0 Å². The van der Waals surface area contributed by atoms with E-state index in [0.29, 0.717) is 0 Å². The van der Waals surface area contributed by atoms with Crippen LogP contribution in [0.15, 0.2) is 12.2 Å². The average Bonchev–Trinajstić information content (AvgIpc) is 1.81. The van der Waals surface area contributed by atoms with Gasteiger partial charge in [-0.05, 0) is 13.8 Å². The van der Waals surface area contributed by atoms with E-state index in [9.17, 15) is 4.79 Å². The standard InChI is InChI=1S/C7H12O2S/c1-7(2,10)5-4-6(8)9-3/h4-5,10H,1-3H3. The van der Waals surface area contributed by atoms with Crippen LogP contribution < -0.4 is 0 Å². The molecule has 0 aromatic rings. The van der Waals surface area contributed by atoms with Crippen molar-refractivity contribution in [2.75, 3.05) is 7.11 Å². The van der Waals surface area contributed by atoms with E-state index in [-0.39, 0.29) is 10.7 Å². The Bertz CT molecular complexity index is 144. The molecule has 0 bridgehead atoms. The molecular weight excluding hydrogens is 148 g/mol. The Hall–Kier alpha value is -0.440. The molecule has 0 aromatic carbocycles. The van der Waals surface area contributed by atoms with Crippen LogP contribution in [0.1, 0.15) is 13.8 Å². The smallest absolute Gasteiger partial charge is 0.330 e. The largest absolute Gasteiger partial charge is 0.466 e. The van der Waals surface area contributed by atoms with E-state index in [1.54, 1.807) is 6.08 Å². The third kappa shape index (κ3) is 5.69. The Kier molecular flexibility index (Phi) is 3.50. The topological polar surface area (TPSA) is 26.3 Å². The maximum atomic E-state index is 10.5. The molecule has 0 aliphatic carbocycles. The molecular formula is C7H12O2S. The van der Waals surface area contributed by atoms with Gasteiger partial charge in [0.05, 0.1) is 7.11 Å². The summed E-state index contributed by atoms with van der Waals surface area (Å²) in [6.45, 7) is 3.77. The molecule has 10 heavy (non-hydrogen) atoms. The van der Waals surface area contributed by atoms with Crippen molar-refractivity contribution in [3.8, 4) is 0 Å². The number of esters is 1. The van der Waals surface area contributed by atoms with Crippen molar-refractivity contribution in [1.29, 1.82) is 0 Å². The van der Waals surface area contributed by atoms with Crippen LogP contribution in [-0.4, -0.2) is 17.8 Å². The van der Waals surface area contributed by atoms with Gasteiger partial charge >= 0.3 is 5.97 Å². The van der Waals surface area contributed by atoms with Crippen molar-refractivity contribution in [3.63, 3.8) is 0 Å². The van der Waals surface area contributed by atoms with Gasteiger partial charge in [-0.3, -0.25) is 0 Å². The van der Waals surface area contributed by atoms with Gasteiger partial charge in [0.25, 0.3) is 0 Å². The first-order valence-corrected chi connectivity index (χ1v) is 3.40. The fourth-order valence-corrected chi connectivity index (χ4v) is 0.415. The number of hydrogen-bond acceptors (Lipinski definition) is 3. The van der Waals surface area contributed by atoms with E-state index < -0.39 is 0 Å². The minimum atomic E-state index is -0.345. The molecule has 0 fully saturated rings. The number of rotatable bonds is 2. The molecule has 0 radical (unpaired) electrons. The summed E-state index contributed by atoms with van der Waals surface area (Å²) in [5, 5.41) is 0. The first-order valence-electron chi connectivity index (χ1n) is 2.95. The zero-order chi connectivity index (χ0) is 8.20. The van der Waals surface area contributed by atoms with E-state index in [4.69, 9.17) is 0 Å². The van der Waals surface area contributed by atoms with Gasteiger partial charge in [-0.25, -0.2) is 4.79 Å². The second kappa shape index (κ2) is 3.66. The van der Waals surface area contributed by atoms with Crippen molar-refractivity contribution < 1.29 is 9.53 Å². The third-order valence-corrected chi connectivity index (χ3v) is 0.978. The Balaban J connectivity index is 3.88. The molecule has 0 aliphatic rings. The van der Waals surface area contributed by atoms with E-state index in [1.165, 1.54) is 13.2 Å². The molecule has 0 atom stereocenters. The van der Waals surface area contributed by atoms with Gasteiger partial charge in [-0.15, -0.1) is 0 Å². The lowest BCUT2D eigenvalue weighted by Crippen LogP contribution is -2.06. The van der Waals surface area contributed by atoms with E-state index in [1.807, 2.05) is 13.8 Å². The van der Waals surface area contributed by atoms with E-state index in [2.05, 4.69) is 17.4 Å². The zero-order valence-corrected chi connectivity index (χ0v) is 7.31. The minimum Gasteiger partial charge on any atom is -0.466 e. The normalized spacial score (nSPS) is 12.0. The SMILES string of the molecule is COC(=O)C=CC(C)(C)S. The Labute approximate surface area is 66.7 Å². The Morgan fingerprint density at radius 2 is 2.10 bits per heavy atom. The molecule has 0 aliphatic heterocycles. The van der Waals surface area contributed by atoms with Gasteiger partial charge in [0.15, 0.2) is 0 Å². The van der Waals surface area contributed by atoms with Crippen LogP contribution in [0.4, 0.5) is 0 Å². The van der Waals surface area contributed by atoms with Crippen LogP contribution in [0, 0.1) is 0 Å². The molecule has 0 rings (SSSR count). The average molecular weight is 160 g/mol. The highest BCUT2D eigenvalue weighted by Crippen LogP contribution is 2.12. The van der Waals surface area contributed by atoms with Crippen LogP contribution in [0.2, 0.25) is 0 Å². The van der Waals surface area contributed by atoms with Crippen molar-refractivity contribution in [2.24, 2.45) is 0 Å². The third-order valence-electron chi connectivity index (χ3n) is 0.828. The molecule has 0 saturated carbocycles. The number of carbonyl (C=O) groups excluding carboxylic acids is 1. The van der Waals surface area contributed by atoms with Crippen LogP contribution >= 0.6 is 12.6 Å². The number of thiol groups is 1. The second-order valence-corrected chi connectivity index (χ2v) is 3.66. The van der Waals surface area contributed by atoms with Gasteiger partial charge in [0.1, 0.15) is 0 Å². The van der Waals surface area contributed by atoms with Crippen molar-refractivity contribution in [2.45, 2.75) is 18.6 Å². The molecule has 0 N–H and O–H groups in total. The lowest BCUT2D eigenvalue weighted by atomic mass is 10.2. The lowest BCUT2D eigenvalue weighted by molar-refractivity contribution is -0.134. The first kappa shape index (κ1) is 9.56. The van der Waals surface area contributed by atoms with Gasteiger partial charge in [0.2, 0.25) is 0 Å². The molecule has 0 unspecified atom stereocenters. The molecule has 58 valence electrons. The molecule has 2 nitrogen and oxygen atoms in total. The number of carbonyl (C=O) groups is 1. The second-order valence-electron chi connectivity index (χ2n) is 2.51. The summed E-state index contributed by atoms with van der Waals surface area (Å²) in [4.78, 5) is 10.5. The summed E-state index contributed by atoms with van der Waals surface area (Å²) in [5.41, 5.74) is 0. The summed E-state index contributed by atoms with van der Waals surface area (Å²) in [6.07, 6.45) is 3.05. The first-order chi connectivity index (χ1) is 4.45. The van der Waals surface area contributed by atoms with Gasteiger partial charge < -0.3 is 4.74 Å². The van der Waals surface area contributed by atoms with Crippen molar-refractivity contribution in [3.05, 3.63) is 12.2 Å². The van der Waals surface area contributed by atoms with Crippen LogP contribution in [0.25, 0.3) is 0 Å². The Morgan fingerprint density at radius 1 is 1.60 bits per heavy atom. The molecule has 0 aromatic heterocycles. The maximum Gasteiger partial charge on any atom is 0.330 e. The number of methoxy groups -OCH3 is 1. The summed E-state index contributed by atoms with van der Waals surface area (Å²) >= 11 is 4.17. The fourth-order valence-electron chi connectivity index (χ4n) is 0.340.